The van der Waals surface area contributed by atoms with Gasteiger partial charge < -0.3 is 16.2 Å². The summed E-state index contributed by atoms with van der Waals surface area (Å²) in [6.45, 7) is 1.89. The van der Waals surface area contributed by atoms with Crippen molar-refractivity contribution in [1.82, 2.24) is 8.85 Å². The Morgan fingerprint density at radius 2 is 2.14 bits per heavy atom. The molecule has 0 aliphatic rings. The van der Waals surface area contributed by atoms with E-state index >= 15 is 0 Å². The Hall–Kier alpha value is -0.410. The van der Waals surface area contributed by atoms with Crippen LogP contribution in [0, 0.1) is 0 Å². The summed E-state index contributed by atoms with van der Waals surface area (Å²) >= 11 is 1.91. The molecule has 2 amide bonds. The molecule has 2 atom stereocenters. The molecule has 6 nitrogen and oxygen atoms in total. The third kappa shape index (κ3) is 5.35. The third-order valence-electron chi connectivity index (χ3n) is 1.55. The molecular weight excluding hydrogens is 301 g/mol. The van der Waals surface area contributed by atoms with Gasteiger partial charge in [0, 0.05) is 35.8 Å². The average Bonchev–Trinajstić information content (AvgIpc) is 2.09. The van der Waals surface area contributed by atoms with E-state index in [1.165, 1.54) is 6.92 Å². The van der Waals surface area contributed by atoms with E-state index in [1.54, 1.807) is 0 Å². The van der Waals surface area contributed by atoms with Gasteiger partial charge in [0.2, 0.25) is 11.8 Å². The third-order valence-corrected chi connectivity index (χ3v) is 2.09. The van der Waals surface area contributed by atoms with Crippen LogP contribution in [0.2, 0.25) is 0 Å². The minimum atomic E-state index is -1.02. The van der Waals surface area contributed by atoms with E-state index in [0.29, 0.717) is 6.54 Å². The van der Waals surface area contributed by atoms with Gasteiger partial charge in [-0.25, -0.2) is 0 Å². The van der Waals surface area contributed by atoms with Gasteiger partial charge in [0.05, 0.1) is 6.10 Å². The molecule has 0 unspecified atom stereocenters. The van der Waals surface area contributed by atoms with Crippen LogP contribution >= 0.6 is 22.9 Å². The fourth-order valence-corrected chi connectivity index (χ4v) is 1.11. The molecule has 0 bridgehead atoms. The van der Waals surface area contributed by atoms with Crippen molar-refractivity contribution < 1.29 is 14.7 Å². The van der Waals surface area contributed by atoms with Crippen molar-refractivity contribution in [2.75, 3.05) is 6.54 Å². The molecule has 82 valence electrons. The average molecular weight is 315 g/mol. The maximum absolute atomic E-state index is 11.1. The van der Waals surface area contributed by atoms with Crippen LogP contribution in [0.1, 0.15) is 13.3 Å². The Balaban J connectivity index is 4.04. The normalized spacial score (nSPS) is 14.5. The Morgan fingerprint density at radius 3 is 2.50 bits per heavy atom. The van der Waals surface area contributed by atoms with E-state index in [4.69, 9.17) is 10.8 Å². The minimum absolute atomic E-state index is 0.236. The molecule has 5 N–H and O–H groups in total. The number of rotatable bonds is 6. The van der Waals surface area contributed by atoms with Gasteiger partial charge in [-0.15, -0.1) is 0 Å². The zero-order chi connectivity index (χ0) is 11.1. The monoisotopic (exact) mass is 315 g/mol. The summed E-state index contributed by atoms with van der Waals surface area (Å²) in [5, 5.41) is 11.5. The van der Waals surface area contributed by atoms with Gasteiger partial charge in [-0.1, -0.05) is 0 Å². The fraction of sp³-hybridized carbons (Fsp3) is 0.714. The lowest BCUT2D eigenvalue weighted by Crippen LogP contribution is -2.50. The van der Waals surface area contributed by atoms with E-state index in [-0.39, 0.29) is 12.3 Å². The molecule has 0 radical (unpaired) electrons. The van der Waals surface area contributed by atoms with Crippen molar-refractivity contribution in [3.8, 4) is 0 Å². The van der Waals surface area contributed by atoms with Gasteiger partial charge in [-0.3, -0.25) is 13.1 Å². The molecule has 0 aromatic rings. The number of nitrogens with two attached hydrogens (primary N) is 1. The molecule has 0 fully saturated rings. The summed E-state index contributed by atoms with van der Waals surface area (Å²) in [4.78, 5) is 21.9. The van der Waals surface area contributed by atoms with E-state index in [2.05, 4.69) is 8.85 Å². The number of amides is 2. The zero-order valence-electron chi connectivity index (χ0n) is 7.79. The Labute approximate surface area is 96.1 Å². The predicted octanol–water partition coefficient (Wildman–Crippen LogP) is -1.33. The van der Waals surface area contributed by atoms with Crippen LogP contribution in [0.25, 0.3) is 0 Å². The van der Waals surface area contributed by atoms with Crippen molar-refractivity contribution in [2.24, 2.45) is 5.73 Å². The van der Waals surface area contributed by atoms with E-state index in [0.717, 1.165) is 0 Å². The number of nitrogens with one attached hydrogen (secondary N) is 2. The molecule has 0 saturated carbocycles. The summed E-state index contributed by atoms with van der Waals surface area (Å²) < 4.78 is 2.76. The summed E-state index contributed by atoms with van der Waals surface area (Å²) in [6, 6.07) is -1.02. The maximum Gasteiger partial charge on any atom is 0.242 e. The molecule has 0 heterocycles. The predicted molar refractivity (Wildman–Crippen MR) is 59.4 cm³/mol. The van der Waals surface area contributed by atoms with E-state index in [9.17, 15) is 9.59 Å². The largest absolute Gasteiger partial charge is 0.391 e. The number of aliphatic hydroxyl groups excluding tert-OH is 1. The van der Waals surface area contributed by atoms with Gasteiger partial charge in [-0.05, 0) is 6.92 Å². The van der Waals surface area contributed by atoms with Crippen molar-refractivity contribution in [3.05, 3.63) is 0 Å². The SMILES string of the molecule is C[C@@H](O)[C@H](NC(=O)CCNI)C(N)=O. The molecule has 0 aliphatic carbocycles. The quantitative estimate of drug-likeness (QED) is 0.360. The summed E-state index contributed by atoms with van der Waals surface area (Å²) in [7, 11) is 0. The van der Waals surface area contributed by atoms with Crippen LogP contribution in [0.4, 0.5) is 0 Å². The van der Waals surface area contributed by atoms with Crippen molar-refractivity contribution in [2.45, 2.75) is 25.5 Å². The minimum Gasteiger partial charge on any atom is -0.391 e. The summed E-state index contributed by atoms with van der Waals surface area (Å²) in [5.74, 6) is -1.06. The van der Waals surface area contributed by atoms with Crippen LogP contribution in [0.5, 0.6) is 0 Å². The fourth-order valence-electron chi connectivity index (χ4n) is 0.836. The smallest absolute Gasteiger partial charge is 0.242 e. The number of hydrogen-bond acceptors (Lipinski definition) is 4. The first-order valence-electron chi connectivity index (χ1n) is 4.09. The number of hydrogen-bond donors (Lipinski definition) is 4. The highest BCUT2D eigenvalue weighted by Gasteiger charge is 2.22. The second-order valence-electron chi connectivity index (χ2n) is 2.82. The van der Waals surface area contributed by atoms with Gasteiger partial charge in [0.1, 0.15) is 6.04 Å². The number of carbonyl (C=O) groups is 2. The van der Waals surface area contributed by atoms with Crippen LogP contribution < -0.4 is 14.6 Å². The van der Waals surface area contributed by atoms with Crippen LogP contribution in [0.3, 0.4) is 0 Å². The van der Waals surface area contributed by atoms with Crippen molar-refractivity contribution >= 4 is 34.7 Å². The van der Waals surface area contributed by atoms with Crippen LogP contribution in [0.15, 0.2) is 0 Å². The first kappa shape index (κ1) is 13.6. The molecule has 0 aromatic carbocycles. The first-order chi connectivity index (χ1) is 6.49. The molecule has 0 rings (SSSR count). The zero-order valence-corrected chi connectivity index (χ0v) is 9.95. The molecule has 0 aliphatic heterocycles. The summed E-state index contributed by atoms with van der Waals surface area (Å²) in [6.07, 6.45) is -0.747. The first-order valence-corrected chi connectivity index (χ1v) is 5.17. The molecule has 0 aromatic heterocycles. The molecule has 0 spiro atoms. The lowest BCUT2D eigenvalue weighted by atomic mass is 10.1. The van der Waals surface area contributed by atoms with Crippen LogP contribution in [-0.2, 0) is 9.59 Å². The lowest BCUT2D eigenvalue weighted by Gasteiger charge is -2.17. The molecular formula is C7H14IN3O3. The van der Waals surface area contributed by atoms with Gasteiger partial charge in [-0.2, -0.15) is 0 Å². The number of primary amides is 1. The van der Waals surface area contributed by atoms with E-state index < -0.39 is 18.1 Å². The highest BCUT2D eigenvalue weighted by Crippen LogP contribution is 1.92. The van der Waals surface area contributed by atoms with Crippen LogP contribution in [-0.4, -0.2) is 35.6 Å². The highest BCUT2D eigenvalue weighted by molar-refractivity contribution is 14.1. The second-order valence-corrected chi connectivity index (χ2v) is 3.58. The molecule has 14 heavy (non-hydrogen) atoms. The maximum atomic E-state index is 11.1. The summed E-state index contributed by atoms with van der Waals surface area (Å²) in [5.41, 5.74) is 4.98. The lowest BCUT2D eigenvalue weighted by molar-refractivity contribution is -0.129. The van der Waals surface area contributed by atoms with Crippen molar-refractivity contribution in [3.63, 3.8) is 0 Å². The number of carbonyl (C=O) groups excluding carboxylic acids is 2. The number of aliphatic hydroxyl groups is 1. The Bertz CT molecular complexity index is 210. The number of halogens is 1. The van der Waals surface area contributed by atoms with Gasteiger partial charge >= 0.3 is 0 Å². The van der Waals surface area contributed by atoms with Gasteiger partial charge in [0.25, 0.3) is 0 Å². The highest BCUT2D eigenvalue weighted by atomic mass is 127. The van der Waals surface area contributed by atoms with Crippen molar-refractivity contribution in [1.29, 1.82) is 0 Å². The Morgan fingerprint density at radius 1 is 1.57 bits per heavy atom. The van der Waals surface area contributed by atoms with E-state index in [1.807, 2.05) is 22.9 Å². The molecule has 0 saturated heterocycles. The Kier molecular flexibility index (Phi) is 6.75. The standard InChI is InChI=1S/C7H14IN3O3/c1-4(12)6(7(9)14)11-5(13)2-3-10-8/h4,6,10,12H,2-3H2,1H3,(H2,9,14)(H,11,13)/t4-,6+/m1/s1. The topological polar surface area (TPSA) is 104 Å². The molecule has 7 heteroatoms. The second kappa shape index (κ2) is 6.96. The van der Waals surface area contributed by atoms with Gasteiger partial charge in [0.15, 0.2) is 0 Å².